The first kappa shape index (κ1) is 11.3. The first-order valence-corrected chi connectivity index (χ1v) is 5.90. The first-order valence-electron chi connectivity index (χ1n) is 5.90. The largest absolute Gasteiger partial charge is 0.328 e. The Balaban J connectivity index is 2.24. The second kappa shape index (κ2) is 4.86. The number of amides is 1. The van der Waals surface area contributed by atoms with E-state index in [0.717, 1.165) is 28.0 Å². The number of nitrogens with one attached hydrogen (secondary N) is 1. The van der Waals surface area contributed by atoms with Gasteiger partial charge in [-0.05, 0) is 24.3 Å². The molecule has 0 aliphatic carbocycles. The maximum absolute atomic E-state index is 10.7. The third kappa shape index (κ3) is 2.15. The molecule has 0 bridgehead atoms. The normalized spacial score (nSPS) is 10.3. The van der Waals surface area contributed by atoms with Crippen molar-refractivity contribution in [1.82, 2.24) is 9.97 Å². The van der Waals surface area contributed by atoms with Gasteiger partial charge in [-0.3, -0.25) is 9.78 Å². The number of hydrogen-bond acceptors (Lipinski definition) is 3. The number of fused-ring (bicyclic) bond motifs is 1. The Kier molecular flexibility index (Phi) is 2.90. The molecule has 19 heavy (non-hydrogen) atoms. The van der Waals surface area contributed by atoms with E-state index in [1.807, 2.05) is 48.5 Å². The quantitative estimate of drug-likeness (QED) is 0.726. The Bertz CT molecular complexity index is 726. The number of rotatable bonds is 3. The lowest BCUT2D eigenvalue weighted by Gasteiger charge is -2.08. The molecule has 3 aromatic rings. The number of nitrogens with zero attached hydrogens (tertiary/aromatic N) is 2. The maximum atomic E-state index is 10.7. The van der Waals surface area contributed by atoms with Crippen molar-refractivity contribution < 1.29 is 4.79 Å². The summed E-state index contributed by atoms with van der Waals surface area (Å²) in [5.41, 5.74) is 3.09. The summed E-state index contributed by atoms with van der Waals surface area (Å²) < 4.78 is 0. The van der Waals surface area contributed by atoms with Gasteiger partial charge in [0.1, 0.15) is 0 Å². The average molecular weight is 249 g/mol. The average Bonchev–Trinajstić information content (AvgIpc) is 2.48. The first-order chi connectivity index (χ1) is 9.38. The van der Waals surface area contributed by atoms with Gasteiger partial charge in [0.15, 0.2) is 0 Å². The van der Waals surface area contributed by atoms with Crippen molar-refractivity contribution in [2.24, 2.45) is 0 Å². The number of pyridine rings is 2. The molecule has 0 unspecified atom stereocenters. The van der Waals surface area contributed by atoms with Gasteiger partial charge in [0.05, 0.1) is 22.6 Å². The van der Waals surface area contributed by atoms with Crippen molar-refractivity contribution in [2.45, 2.75) is 0 Å². The lowest BCUT2D eigenvalue weighted by atomic mass is 10.1. The van der Waals surface area contributed by atoms with E-state index in [1.54, 1.807) is 6.20 Å². The fourth-order valence-electron chi connectivity index (χ4n) is 2.00. The SMILES string of the molecule is O=CNc1cc(-c2ccccn2)nc2ccccc12. The van der Waals surface area contributed by atoms with E-state index in [4.69, 9.17) is 0 Å². The van der Waals surface area contributed by atoms with Crippen LogP contribution in [0.15, 0.2) is 54.7 Å². The fraction of sp³-hybridized carbons (Fsp3) is 0. The zero-order chi connectivity index (χ0) is 13.1. The minimum absolute atomic E-state index is 0.671. The summed E-state index contributed by atoms with van der Waals surface area (Å²) in [6, 6.07) is 15.2. The van der Waals surface area contributed by atoms with Crippen LogP contribution in [0, 0.1) is 0 Å². The molecule has 3 rings (SSSR count). The molecule has 0 radical (unpaired) electrons. The van der Waals surface area contributed by atoms with Crippen molar-refractivity contribution in [1.29, 1.82) is 0 Å². The highest BCUT2D eigenvalue weighted by atomic mass is 16.1. The predicted octanol–water partition coefficient (Wildman–Crippen LogP) is 2.87. The number of anilines is 1. The Labute approximate surface area is 110 Å². The van der Waals surface area contributed by atoms with Gasteiger partial charge in [0.25, 0.3) is 0 Å². The van der Waals surface area contributed by atoms with Gasteiger partial charge >= 0.3 is 0 Å². The topological polar surface area (TPSA) is 54.9 Å². The van der Waals surface area contributed by atoms with Gasteiger partial charge in [-0.2, -0.15) is 0 Å². The minimum Gasteiger partial charge on any atom is -0.328 e. The molecule has 2 aromatic heterocycles. The van der Waals surface area contributed by atoms with Crippen LogP contribution in [0.1, 0.15) is 0 Å². The summed E-state index contributed by atoms with van der Waals surface area (Å²) in [5, 5.41) is 3.62. The lowest BCUT2D eigenvalue weighted by molar-refractivity contribution is -0.105. The van der Waals surface area contributed by atoms with E-state index in [0.29, 0.717) is 6.41 Å². The Morgan fingerprint density at radius 3 is 2.63 bits per heavy atom. The molecular formula is C15H11N3O. The van der Waals surface area contributed by atoms with E-state index in [2.05, 4.69) is 15.3 Å². The van der Waals surface area contributed by atoms with Crippen LogP contribution in [0.5, 0.6) is 0 Å². The Morgan fingerprint density at radius 2 is 1.84 bits per heavy atom. The molecule has 0 saturated carbocycles. The van der Waals surface area contributed by atoms with E-state index >= 15 is 0 Å². The van der Waals surface area contributed by atoms with Crippen LogP contribution in [0.25, 0.3) is 22.3 Å². The minimum atomic E-state index is 0.671. The summed E-state index contributed by atoms with van der Waals surface area (Å²) >= 11 is 0. The molecule has 0 aliphatic rings. The predicted molar refractivity (Wildman–Crippen MR) is 74.7 cm³/mol. The molecule has 1 amide bonds. The van der Waals surface area contributed by atoms with Crippen LogP contribution in [-0.2, 0) is 4.79 Å². The summed E-state index contributed by atoms with van der Waals surface area (Å²) in [6.45, 7) is 0. The van der Waals surface area contributed by atoms with Crippen molar-refractivity contribution in [3.05, 3.63) is 54.7 Å². The molecule has 0 fully saturated rings. The molecule has 4 heteroatoms. The molecule has 2 heterocycles. The Hall–Kier alpha value is -2.75. The molecule has 1 N–H and O–H groups in total. The van der Waals surface area contributed by atoms with Crippen LogP contribution in [0.4, 0.5) is 5.69 Å². The van der Waals surface area contributed by atoms with Gasteiger partial charge in [0.2, 0.25) is 6.41 Å². The standard InChI is InChI=1S/C15H11N3O/c19-10-17-14-9-15(13-7-3-4-8-16-13)18-12-6-2-1-5-11(12)14/h1-10H,(H,17,18,19). The lowest BCUT2D eigenvalue weighted by Crippen LogP contribution is -1.97. The molecular weight excluding hydrogens is 238 g/mol. The van der Waals surface area contributed by atoms with Crippen LogP contribution < -0.4 is 5.32 Å². The number of carbonyl (C=O) groups excluding carboxylic acids is 1. The van der Waals surface area contributed by atoms with Crippen molar-refractivity contribution in [3.8, 4) is 11.4 Å². The highest BCUT2D eigenvalue weighted by Gasteiger charge is 2.07. The summed E-state index contributed by atoms with van der Waals surface area (Å²) in [4.78, 5) is 19.6. The molecule has 0 saturated heterocycles. The van der Waals surface area contributed by atoms with E-state index < -0.39 is 0 Å². The van der Waals surface area contributed by atoms with Crippen molar-refractivity contribution in [2.75, 3.05) is 5.32 Å². The molecule has 0 atom stereocenters. The van der Waals surface area contributed by atoms with E-state index in [-0.39, 0.29) is 0 Å². The number of benzene rings is 1. The smallest absolute Gasteiger partial charge is 0.211 e. The van der Waals surface area contributed by atoms with E-state index in [9.17, 15) is 4.79 Å². The number of aromatic nitrogens is 2. The van der Waals surface area contributed by atoms with Crippen molar-refractivity contribution in [3.63, 3.8) is 0 Å². The number of para-hydroxylation sites is 1. The highest BCUT2D eigenvalue weighted by Crippen LogP contribution is 2.26. The van der Waals surface area contributed by atoms with Crippen LogP contribution >= 0.6 is 0 Å². The second-order valence-corrected chi connectivity index (χ2v) is 4.05. The molecule has 92 valence electrons. The summed E-state index contributed by atoms with van der Waals surface area (Å²) in [6.07, 6.45) is 2.39. The van der Waals surface area contributed by atoms with Crippen LogP contribution in [0.2, 0.25) is 0 Å². The molecule has 4 nitrogen and oxygen atoms in total. The van der Waals surface area contributed by atoms with E-state index in [1.165, 1.54) is 0 Å². The summed E-state index contributed by atoms with van der Waals surface area (Å²) in [5.74, 6) is 0. The number of hydrogen-bond donors (Lipinski definition) is 1. The monoisotopic (exact) mass is 249 g/mol. The number of carbonyl (C=O) groups is 1. The van der Waals surface area contributed by atoms with Crippen LogP contribution in [-0.4, -0.2) is 16.4 Å². The Morgan fingerprint density at radius 1 is 1.00 bits per heavy atom. The molecule has 1 aromatic carbocycles. The summed E-state index contributed by atoms with van der Waals surface area (Å²) in [7, 11) is 0. The van der Waals surface area contributed by atoms with Crippen LogP contribution in [0.3, 0.4) is 0 Å². The zero-order valence-corrected chi connectivity index (χ0v) is 10.1. The van der Waals surface area contributed by atoms with Gasteiger partial charge in [-0.1, -0.05) is 24.3 Å². The van der Waals surface area contributed by atoms with Gasteiger partial charge in [0, 0.05) is 11.6 Å². The fourth-order valence-corrected chi connectivity index (χ4v) is 2.00. The maximum Gasteiger partial charge on any atom is 0.211 e. The molecule has 0 aliphatic heterocycles. The molecule has 0 spiro atoms. The zero-order valence-electron chi connectivity index (χ0n) is 10.1. The second-order valence-electron chi connectivity index (χ2n) is 4.05. The van der Waals surface area contributed by atoms with Gasteiger partial charge in [-0.15, -0.1) is 0 Å². The highest BCUT2D eigenvalue weighted by molar-refractivity contribution is 5.97. The van der Waals surface area contributed by atoms with Gasteiger partial charge < -0.3 is 5.32 Å². The van der Waals surface area contributed by atoms with Gasteiger partial charge in [-0.25, -0.2) is 4.98 Å². The third-order valence-electron chi connectivity index (χ3n) is 2.86. The third-order valence-corrected chi connectivity index (χ3v) is 2.86. The van der Waals surface area contributed by atoms with Crippen molar-refractivity contribution >= 4 is 23.0 Å².